The van der Waals surface area contributed by atoms with Crippen molar-refractivity contribution in [2.75, 3.05) is 13.6 Å². The van der Waals surface area contributed by atoms with Gasteiger partial charge >= 0.3 is 0 Å². The molecule has 0 radical (unpaired) electrons. The highest BCUT2D eigenvalue weighted by Gasteiger charge is 2.22. The van der Waals surface area contributed by atoms with Gasteiger partial charge in [-0.15, -0.1) is 0 Å². The van der Waals surface area contributed by atoms with Crippen molar-refractivity contribution >= 4 is 21.8 Å². The number of fused-ring (bicyclic) bond motifs is 1. The minimum absolute atomic E-state index is 0.0994. The summed E-state index contributed by atoms with van der Waals surface area (Å²) in [7, 11) is 1.73. The zero-order chi connectivity index (χ0) is 10.3. The number of benzene rings is 1. The van der Waals surface area contributed by atoms with Gasteiger partial charge in [0.2, 0.25) is 0 Å². The standard InChI is InChI=1S/C10H9BrFNO/c1-13-3-2-6-4-8(11)9(12)5-7(6)10(13)14/h4-5H,2-3H2,1H3. The Morgan fingerprint density at radius 3 is 2.93 bits per heavy atom. The van der Waals surface area contributed by atoms with Crippen LogP contribution in [0.15, 0.2) is 16.6 Å². The summed E-state index contributed by atoms with van der Waals surface area (Å²) >= 11 is 3.11. The van der Waals surface area contributed by atoms with Crippen LogP contribution in [0.25, 0.3) is 0 Å². The fourth-order valence-corrected chi connectivity index (χ4v) is 1.98. The number of hydrogen-bond acceptors (Lipinski definition) is 1. The van der Waals surface area contributed by atoms with Gasteiger partial charge in [0, 0.05) is 19.2 Å². The van der Waals surface area contributed by atoms with Crippen molar-refractivity contribution < 1.29 is 9.18 Å². The Hall–Kier alpha value is -0.900. The molecule has 0 bridgehead atoms. The Balaban J connectivity index is 2.56. The molecule has 0 atom stereocenters. The van der Waals surface area contributed by atoms with Gasteiger partial charge < -0.3 is 4.90 Å². The molecule has 0 saturated heterocycles. The van der Waals surface area contributed by atoms with Gasteiger partial charge in [0.15, 0.2) is 0 Å². The van der Waals surface area contributed by atoms with E-state index in [1.54, 1.807) is 18.0 Å². The van der Waals surface area contributed by atoms with Gasteiger partial charge in [-0.05, 0) is 40.0 Å². The van der Waals surface area contributed by atoms with E-state index < -0.39 is 0 Å². The number of halogens is 2. The first-order valence-corrected chi connectivity index (χ1v) is 5.12. The third kappa shape index (κ3) is 1.43. The van der Waals surface area contributed by atoms with Crippen LogP contribution >= 0.6 is 15.9 Å². The van der Waals surface area contributed by atoms with Crippen molar-refractivity contribution in [2.45, 2.75) is 6.42 Å². The molecular formula is C10H9BrFNO. The van der Waals surface area contributed by atoms with Crippen molar-refractivity contribution in [3.05, 3.63) is 33.5 Å². The van der Waals surface area contributed by atoms with Gasteiger partial charge in [-0.2, -0.15) is 0 Å². The Morgan fingerprint density at radius 1 is 1.50 bits per heavy atom. The van der Waals surface area contributed by atoms with Crippen LogP contribution in [0.5, 0.6) is 0 Å². The molecule has 1 amide bonds. The monoisotopic (exact) mass is 257 g/mol. The van der Waals surface area contributed by atoms with Crippen LogP contribution < -0.4 is 0 Å². The predicted octanol–water partition coefficient (Wildman–Crippen LogP) is 2.22. The number of carbonyl (C=O) groups is 1. The van der Waals surface area contributed by atoms with Gasteiger partial charge in [0.25, 0.3) is 5.91 Å². The molecule has 0 aromatic heterocycles. The van der Waals surface area contributed by atoms with Crippen molar-refractivity contribution in [2.24, 2.45) is 0 Å². The molecule has 2 rings (SSSR count). The van der Waals surface area contributed by atoms with Crippen LogP contribution in [-0.4, -0.2) is 24.4 Å². The first kappa shape index (κ1) is 9.65. The first-order chi connectivity index (χ1) is 6.59. The van der Waals surface area contributed by atoms with E-state index in [1.165, 1.54) is 6.07 Å². The molecule has 1 aromatic carbocycles. The van der Waals surface area contributed by atoms with E-state index in [0.717, 1.165) is 12.0 Å². The lowest BCUT2D eigenvalue weighted by molar-refractivity contribution is 0.0780. The average Bonchev–Trinajstić information content (AvgIpc) is 2.15. The molecule has 1 heterocycles. The summed E-state index contributed by atoms with van der Waals surface area (Å²) in [6, 6.07) is 2.99. The minimum atomic E-state index is -0.382. The summed E-state index contributed by atoms with van der Waals surface area (Å²) in [5.74, 6) is -0.481. The largest absolute Gasteiger partial charge is 0.341 e. The lowest BCUT2D eigenvalue weighted by Crippen LogP contribution is -2.34. The minimum Gasteiger partial charge on any atom is -0.341 e. The van der Waals surface area contributed by atoms with E-state index in [-0.39, 0.29) is 11.7 Å². The summed E-state index contributed by atoms with van der Waals surface area (Å²) in [6.07, 6.45) is 0.788. The second-order valence-electron chi connectivity index (χ2n) is 3.40. The summed E-state index contributed by atoms with van der Waals surface area (Å²) in [5.41, 5.74) is 1.40. The number of nitrogens with zero attached hydrogens (tertiary/aromatic N) is 1. The van der Waals surface area contributed by atoms with Crippen LogP contribution in [0.3, 0.4) is 0 Å². The maximum atomic E-state index is 13.2. The second kappa shape index (κ2) is 3.35. The van der Waals surface area contributed by atoms with Crippen molar-refractivity contribution in [1.82, 2.24) is 4.90 Å². The smallest absolute Gasteiger partial charge is 0.253 e. The molecule has 1 aliphatic rings. The number of rotatable bonds is 0. The van der Waals surface area contributed by atoms with Crippen molar-refractivity contribution in [1.29, 1.82) is 0 Å². The van der Waals surface area contributed by atoms with E-state index in [0.29, 0.717) is 16.6 Å². The lowest BCUT2D eigenvalue weighted by atomic mass is 9.99. The van der Waals surface area contributed by atoms with E-state index in [2.05, 4.69) is 15.9 Å². The molecule has 1 aliphatic heterocycles. The summed E-state index contributed by atoms with van der Waals surface area (Å²) in [4.78, 5) is 13.2. The van der Waals surface area contributed by atoms with E-state index in [4.69, 9.17) is 0 Å². The molecule has 0 fully saturated rings. The van der Waals surface area contributed by atoms with Gasteiger partial charge in [0.1, 0.15) is 5.82 Å². The summed E-state index contributed by atoms with van der Waals surface area (Å²) in [5, 5.41) is 0. The van der Waals surface area contributed by atoms with Crippen LogP contribution in [0.4, 0.5) is 4.39 Å². The maximum Gasteiger partial charge on any atom is 0.253 e. The van der Waals surface area contributed by atoms with Crippen LogP contribution in [0.1, 0.15) is 15.9 Å². The third-order valence-corrected chi connectivity index (χ3v) is 3.05. The Kier molecular flexibility index (Phi) is 2.31. The molecule has 0 aliphatic carbocycles. The van der Waals surface area contributed by atoms with Crippen molar-refractivity contribution in [3.63, 3.8) is 0 Å². The summed E-state index contributed by atoms with van der Waals surface area (Å²) in [6.45, 7) is 0.698. The van der Waals surface area contributed by atoms with Crippen LogP contribution in [0, 0.1) is 5.82 Å². The van der Waals surface area contributed by atoms with Crippen molar-refractivity contribution in [3.8, 4) is 0 Å². The molecule has 14 heavy (non-hydrogen) atoms. The van der Waals surface area contributed by atoms with Gasteiger partial charge in [0.05, 0.1) is 4.47 Å². The highest BCUT2D eigenvalue weighted by atomic mass is 79.9. The fourth-order valence-electron chi connectivity index (χ4n) is 1.59. The number of amides is 1. The van der Waals surface area contributed by atoms with Gasteiger partial charge in [-0.25, -0.2) is 4.39 Å². The Labute approximate surface area is 89.8 Å². The summed E-state index contributed by atoms with van der Waals surface area (Å²) < 4.78 is 13.6. The molecule has 0 unspecified atom stereocenters. The topological polar surface area (TPSA) is 20.3 Å². The molecule has 1 aromatic rings. The van der Waals surface area contributed by atoms with E-state index in [1.807, 2.05) is 0 Å². The third-order valence-electron chi connectivity index (χ3n) is 2.44. The lowest BCUT2D eigenvalue weighted by Gasteiger charge is -2.24. The van der Waals surface area contributed by atoms with E-state index >= 15 is 0 Å². The molecule has 0 spiro atoms. The fraction of sp³-hybridized carbons (Fsp3) is 0.300. The van der Waals surface area contributed by atoms with Crippen LogP contribution in [0.2, 0.25) is 0 Å². The molecule has 74 valence electrons. The maximum absolute atomic E-state index is 13.2. The Bertz CT molecular complexity index is 405. The van der Waals surface area contributed by atoms with E-state index in [9.17, 15) is 9.18 Å². The molecule has 0 N–H and O–H groups in total. The van der Waals surface area contributed by atoms with Crippen LogP contribution in [-0.2, 0) is 6.42 Å². The zero-order valence-corrected chi connectivity index (χ0v) is 9.27. The number of hydrogen-bond donors (Lipinski definition) is 0. The second-order valence-corrected chi connectivity index (χ2v) is 4.25. The average molecular weight is 258 g/mol. The van der Waals surface area contributed by atoms with Gasteiger partial charge in [-0.1, -0.05) is 0 Å². The Morgan fingerprint density at radius 2 is 2.21 bits per heavy atom. The zero-order valence-electron chi connectivity index (χ0n) is 7.68. The molecule has 0 saturated carbocycles. The predicted molar refractivity (Wildman–Crippen MR) is 54.8 cm³/mol. The van der Waals surface area contributed by atoms with Gasteiger partial charge in [-0.3, -0.25) is 4.79 Å². The molecule has 2 nitrogen and oxygen atoms in total. The SMILES string of the molecule is CN1CCc2cc(Br)c(F)cc2C1=O. The highest BCUT2D eigenvalue weighted by Crippen LogP contribution is 2.24. The quantitative estimate of drug-likeness (QED) is 0.698. The molecule has 4 heteroatoms. The first-order valence-electron chi connectivity index (χ1n) is 4.33. The number of likely N-dealkylation sites (N-methyl/N-ethyl adjacent to an activating group) is 1. The molecular weight excluding hydrogens is 249 g/mol. The highest BCUT2D eigenvalue weighted by molar-refractivity contribution is 9.10. The normalized spacial score (nSPS) is 15.6. The number of carbonyl (C=O) groups excluding carboxylic acids is 1.